The lowest BCUT2D eigenvalue weighted by Gasteiger charge is -1.98. The summed E-state index contributed by atoms with van der Waals surface area (Å²) < 4.78 is 0. The molecule has 0 unspecified atom stereocenters. The van der Waals surface area contributed by atoms with E-state index in [1.165, 1.54) is 11.1 Å². The van der Waals surface area contributed by atoms with Gasteiger partial charge in [0, 0.05) is 22.4 Å². The first-order valence-electron chi connectivity index (χ1n) is 6.57. The average Bonchev–Trinajstić information content (AvgIpc) is 2.42. The quantitative estimate of drug-likeness (QED) is 0.541. The maximum absolute atomic E-state index is 6.06. The third-order valence-corrected chi connectivity index (χ3v) is 3.53. The molecule has 0 atom stereocenters. The molecule has 0 bridgehead atoms. The first-order valence-corrected chi connectivity index (χ1v) is 7.33. The predicted molar refractivity (Wildman–Crippen MR) is 91.7 cm³/mol. The Balaban J connectivity index is 2.01. The van der Waals surface area contributed by atoms with Crippen LogP contribution in [-0.4, -0.2) is 12.8 Å². The molecule has 3 heteroatoms. The fourth-order valence-corrected chi connectivity index (χ4v) is 2.34. The molecule has 0 amide bonds. The molecule has 0 radical (unpaired) electrons. The summed E-state index contributed by atoms with van der Waals surface area (Å²) in [5.41, 5.74) is 4.32. The summed E-state index contributed by atoms with van der Waals surface area (Å²) in [7, 11) is 0. The van der Waals surface area contributed by atoms with Gasteiger partial charge in [-0.1, -0.05) is 58.8 Å². The van der Waals surface area contributed by atoms with Gasteiger partial charge in [0.15, 0.2) is 0 Å². The fourth-order valence-electron chi connectivity index (χ4n) is 1.88. The van der Waals surface area contributed by atoms with Gasteiger partial charge < -0.3 is 0 Å². The van der Waals surface area contributed by atoms with E-state index in [0.29, 0.717) is 16.6 Å². The maximum atomic E-state index is 6.06. The molecular weight excluding hydrogens is 301 g/mol. The molecule has 0 aromatic heterocycles. The average molecular weight is 316 g/mol. The Kier molecular flexibility index (Phi) is 5.44. The second-order valence-electron chi connectivity index (χ2n) is 4.76. The normalized spacial score (nSPS) is 10.5. The lowest BCUT2D eigenvalue weighted by molar-refractivity contribution is 1.30. The molecule has 2 aromatic rings. The van der Waals surface area contributed by atoms with Crippen LogP contribution in [-0.2, 0) is 0 Å². The van der Waals surface area contributed by atoms with Crippen molar-refractivity contribution in [2.24, 2.45) is 4.99 Å². The van der Waals surface area contributed by atoms with Gasteiger partial charge in [0.2, 0.25) is 0 Å². The molecule has 106 valence electrons. The van der Waals surface area contributed by atoms with Crippen molar-refractivity contribution in [3.8, 4) is 11.8 Å². The van der Waals surface area contributed by atoms with Crippen LogP contribution >= 0.6 is 23.2 Å². The van der Waals surface area contributed by atoms with Crippen molar-refractivity contribution in [1.82, 2.24) is 0 Å². The van der Waals surface area contributed by atoms with Crippen LogP contribution < -0.4 is 0 Å². The Hall–Kier alpha value is -1.75. The molecule has 1 nitrogen and oxygen atoms in total. The zero-order valence-electron chi connectivity index (χ0n) is 12.0. The van der Waals surface area contributed by atoms with Gasteiger partial charge in [0.25, 0.3) is 0 Å². The Morgan fingerprint density at radius 3 is 2.62 bits per heavy atom. The van der Waals surface area contributed by atoms with E-state index < -0.39 is 0 Å². The number of rotatable bonds is 2. The summed E-state index contributed by atoms with van der Waals surface area (Å²) >= 11 is 11.9. The van der Waals surface area contributed by atoms with Gasteiger partial charge in [-0.05, 0) is 37.6 Å². The zero-order valence-corrected chi connectivity index (χ0v) is 13.5. The van der Waals surface area contributed by atoms with Gasteiger partial charge in [-0.3, -0.25) is 4.99 Å². The van der Waals surface area contributed by atoms with Crippen molar-refractivity contribution in [1.29, 1.82) is 0 Å². The first kappa shape index (κ1) is 15.6. The van der Waals surface area contributed by atoms with Crippen LogP contribution in [0.1, 0.15) is 22.3 Å². The number of hydrogen-bond acceptors (Lipinski definition) is 1. The van der Waals surface area contributed by atoms with E-state index in [0.717, 1.165) is 11.1 Å². The van der Waals surface area contributed by atoms with E-state index in [1.54, 1.807) is 18.3 Å². The van der Waals surface area contributed by atoms with Gasteiger partial charge in [0.1, 0.15) is 6.54 Å². The number of aryl methyl sites for hydroxylation is 2. The van der Waals surface area contributed by atoms with Crippen LogP contribution in [0.25, 0.3) is 0 Å². The summed E-state index contributed by atoms with van der Waals surface area (Å²) in [6, 6.07) is 11.6. The molecule has 21 heavy (non-hydrogen) atoms. The van der Waals surface area contributed by atoms with E-state index in [-0.39, 0.29) is 0 Å². The van der Waals surface area contributed by atoms with Crippen molar-refractivity contribution >= 4 is 29.4 Å². The number of aliphatic imine (C=N–C) groups is 1. The molecule has 2 aromatic carbocycles. The predicted octanol–water partition coefficient (Wildman–Crippen LogP) is 5.08. The summed E-state index contributed by atoms with van der Waals surface area (Å²) in [5, 5.41) is 1.21. The van der Waals surface area contributed by atoms with Crippen molar-refractivity contribution in [2.45, 2.75) is 13.8 Å². The Labute approximate surface area is 135 Å². The fraction of sp³-hybridized carbons (Fsp3) is 0.167. The Morgan fingerprint density at radius 2 is 1.90 bits per heavy atom. The molecule has 0 saturated heterocycles. The van der Waals surface area contributed by atoms with Crippen LogP contribution in [0, 0.1) is 25.7 Å². The summed E-state index contributed by atoms with van der Waals surface area (Å²) in [5.74, 6) is 6.18. The molecule has 0 fully saturated rings. The van der Waals surface area contributed by atoms with Crippen molar-refractivity contribution < 1.29 is 0 Å². The maximum Gasteiger partial charge on any atom is 0.100 e. The van der Waals surface area contributed by atoms with Gasteiger partial charge in [-0.15, -0.1) is 0 Å². The summed E-state index contributed by atoms with van der Waals surface area (Å²) in [6.45, 7) is 4.57. The van der Waals surface area contributed by atoms with Crippen LogP contribution in [0.5, 0.6) is 0 Å². The zero-order chi connectivity index (χ0) is 15.2. The van der Waals surface area contributed by atoms with Crippen molar-refractivity contribution in [2.75, 3.05) is 6.54 Å². The van der Waals surface area contributed by atoms with Crippen LogP contribution in [0.15, 0.2) is 41.4 Å². The molecule has 0 aliphatic carbocycles. The molecule has 0 N–H and O–H groups in total. The van der Waals surface area contributed by atoms with Gasteiger partial charge in [-0.25, -0.2) is 0 Å². The molecule has 0 heterocycles. The molecule has 0 saturated carbocycles. The molecule has 2 rings (SSSR count). The highest BCUT2D eigenvalue weighted by atomic mass is 35.5. The van der Waals surface area contributed by atoms with Crippen LogP contribution in [0.2, 0.25) is 10.0 Å². The summed E-state index contributed by atoms with van der Waals surface area (Å²) in [6.07, 6.45) is 1.72. The van der Waals surface area contributed by atoms with Gasteiger partial charge in [0.05, 0.1) is 5.02 Å². The molecule has 0 spiro atoms. The monoisotopic (exact) mass is 315 g/mol. The number of halogens is 2. The number of hydrogen-bond donors (Lipinski definition) is 0. The van der Waals surface area contributed by atoms with Gasteiger partial charge >= 0.3 is 0 Å². The minimum atomic E-state index is 0.437. The molecule has 0 aliphatic rings. The van der Waals surface area contributed by atoms with E-state index in [4.69, 9.17) is 23.2 Å². The van der Waals surface area contributed by atoms with E-state index in [1.807, 2.05) is 12.1 Å². The third kappa shape index (κ3) is 4.63. The van der Waals surface area contributed by atoms with Crippen molar-refractivity contribution in [3.63, 3.8) is 0 Å². The van der Waals surface area contributed by atoms with Crippen molar-refractivity contribution in [3.05, 3.63) is 68.7 Å². The number of nitrogens with zero attached hydrogens (tertiary/aromatic N) is 1. The Bertz CT molecular complexity index is 737. The SMILES string of the molecule is Cc1ccc(C#CCN=Cc2ccc(Cl)cc2Cl)c(C)c1. The highest BCUT2D eigenvalue weighted by molar-refractivity contribution is 6.36. The van der Waals surface area contributed by atoms with Crippen LogP contribution in [0.4, 0.5) is 0 Å². The smallest absolute Gasteiger partial charge is 0.100 e. The minimum absolute atomic E-state index is 0.437. The highest BCUT2D eigenvalue weighted by Gasteiger charge is 1.97. The number of benzene rings is 2. The lowest BCUT2D eigenvalue weighted by atomic mass is 10.1. The van der Waals surface area contributed by atoms with E-state index in [2.05, 4.69) is 42.8 Å². The van der Waals surface area contributed by atoms with E-state index in [9.17, 15) is 0 Å². The highest BCUT2D eigenvalue weighted by Crippen LogP contribution is 2.19. The topological polar surface area (TPSA) is 12.4 Å². The molecule has 0 aliphatic heterocycles. The van der Waals surface area contributed by atoms with Gasteiger partial charge in [-0.2, -0.15) is 0 Å². The second-order valence-corrected chi connectivity index (χ2v) is 5.60. The summed E-state index contributed by atoms with van der Waals surface area (Å²) in [4.78, 5) is 4.27. The lowest BCUT2D eigenvalue weighted by Crippen LogP contribution is -1.86. The largest absolute Gasteiger partial charge is 0.280 e. The standard InChI is InChI=1S/C18H15Cl2N/c1-13-5-6-15(14(2)10-13)4-3-9-21-12-16-7-8-17(19)11-18(16)20/h5-8,10-12H,9H2,1-2H3. The molecular formula is C18H15Cl2N. The Morgan fingerprint density at radius 1 is 1.10 bits per heavy atom. The minimum Gasteiger partial charge on any atom is -0.280 e. The third-order valence-electron chi connectivity index (χ3n) is 2.97. The van der Waals surface area contributed by atoms with Crippen LogP contribution in [0.3, 0.4) is 0 Å². The first-order chi connectivity index (χ1) is 10.1. The van der Waals surface area contributed by atoms with E-state index >= 15 is 0 Å². The second kappa shape index (κ2) is 7.31.